The van der Waals surface area contributed by atoms with Gasteiger partial charge in [0, 0.05) is 38.3 Å². The highest BCUT2D eigenvalue weighted by molar-refractivity contribution is 5.99. The van der Waals surface area contributed by atoms with E-state index in [4.69, 9.17) is 23.7 Å². The summed E-state index contributed by atoms with van der Waals surface area (Å²) in [7, 11) is 1.36. The fraction of sp³-hybridized carbons (Fsp3) is 0.680. The lowest BCUT2D eigenvalue weighted by atomic mass is 9.99. The van der Waals surface area contributed by atoms with Crippen molar-refractivity contribution in [1.82, 2.24) is 4.98 Å². The quantitative estimate of drug-likeness (QED) is 0.293. The highest BCUT2D eigenvalue weighted by Crippen LogP contribution is 2.29. The largest absolute Gasteiger partial charge is 0.503 e. The van der Waals surface area contributed by atoms with Crippen molar-refractivity contribution < 1.29 is 43.2 Å². The maximum atomic E-state index is 13.0. The molecule has 196 valence electrons. The molecule has 0 amide bonds. The van der Waals surface area contributed by atoms with Gasteiger partial charge in [-0.2, -0.15) is 0 Å². The van der Waals surface area contributed by atoms with Gasteiger partial charge in [0.1, 0.15) is 12.2 Å². The van der Waals surface area contributed by atoms with Crippen LogP contribution in [0, 0.1) is 11.8 Å². The van der Waals surface area contributed by atoms with Crippen LogP contribution in [0.15, 0.2) is 12.3 Å². The molecular weight excluding hydrogens is 458 g/mol. The Labute approximate surface area is 206 Å². The van der Waals surface area contributed by atoms with Gasteiger partial charge in [0.15, 0.2) is 29.1 Å². The van der Waals surface area contributed by atoms with Gasteiger partial charge in [0.2, 0.25) is 0 Å². The van der Waals surface area contributed by atoms with Crippen molar-refractivity contribution in [2.24, 2.45) is 11.8 Å². The average Bonchev–Trinajstić information content (AvgIpc) is 2.82. The zero-order valence-corrected chi connectivity index (χ0v) is 21.2. The van der Waals surface area contributed by atoms with Gasteiger partial charge >= 0.3 is 11.9 Å². The number of cyclic esters (lactones) is 1. The minimum atomic E-state index is -0.934. The third-order valence-electron chi connectivity index (χ3n) is 5.69. The fourth-order valence-electron chi connectivity index (χ4n) is 3.57. The predicted octanol–water partition coefficient (Wildman–Crippen LogP) is 3.09. The second-order valence-corrected chi connectivity index (χ2v) is 8.86. The molecule has 1 aromatic heterocycles. The molecule has 1 fully saturated rings. The molecule has 2 heterocycles. The van der Waals surface area contributed by atoms with E-state index in [0.29, 0.717) is 13.0 Å². The van der Waals surface area contributed by atoms with E-state index in [1.54, 1.807) is 20.8 Å². The highest BCUT2D eigenvalue weighted by atomic mass is 16.6. The molecule has 1 saturated heterocycles. The second kappa shape index (κ2) is 14.0. The summed E-state index contributed by atoms with van der Waals surface area (Å²) < 4.78 is 28.0. The average molecular weight is 496 g/mol. The van der Waals surface area contributed by atoms with Crippen LogP contribution in [-0.4, -0.2) is 73.1 Å². The van der Waals surface area contributed by atoms with Crippen LogP contribution < -0.4 is 4.74 Å². The van der Waals surface area contributed by atoms with E-state index in [1.165, 1.54) is 19.4 Å². The number of carbonyl (C=O) groups is 3. The number of nitrogens with zero attached hydrogens (tertiary/aromatic N) is 1. The molecule has 1 aromatic rings. The van der Waals surface area contributed by atoms with Crippen molar-refractivity contribution in [2.75, 3.05) is 26.9 Å². The van der Waals surface area contributed by atoms with Crippen LogP contribution in [-0.2, 0) is 28.5 Å². The molecule has 0 spiro atoms. The van der Waals surface area contributed by atoms with Gasteiger partial charge in [-0.25, -0.2) is 4.98 Å². The van der Waals surface area contributed by atoms with Crippen molar-refractivity contribution in [3.8, 4) is 11.5 Å². The van der Waals surface area contributed by atoms with E-state index >= 15 is 0 Å². The summed E-state index contributed by atoms with van der Waals surface area (Å²) in [6.45, 7) is 7.79. The number of aromatic nitrogens is 1. The Morgan fingerprint density at radius 1 is 1.31 bits per heavy atom. The minimum Gasteiger partial charge on any atom is -0.503 e. The summed E-state index contributed by atoms with van der Waals surface area (Å²) in [5, 5.41) is 10.2. The summed E-state index contributed by atoms with van der Waals surface area (Å²) >= 11 is 0. The van der Waals surface area contributed by atoms with E-state index < -0.39 is 47.7 Å². The Balaban J connectivity index is 2.19. The summed E-state index contributed by atoms with van der Waals surface area (Å²) in [6.07, 6.45) is 1.10. The summed E-state index contributed by atoms with van der Waals surface area (Å²) in [6, 6.07) is 1.42. The minimum absolute atomic E-state index is 0.0554. The lowest BCUT2D eigenvalue weighted by Crippen LogP contribution is -2.46. The van der Waals surface area contributed by atoms with Crippen LogP contribution in [0.3, 0.4) is 0 Å². The third kappa shape index (κ3) is 8.17. The van der Waals surface area contributed by atoms with Crippen LogP contribution in [0.4, 0.5) is 0 Å². The van der Waals surface area contributed by atoms with Gasteiger partial charge in [-0.1, -0.05) is 27.2 Å². The highest BCUT2D eigenvalue weighted by Gasteiger charge is 2.37. The molecule has 2 rings (SSSR count). The van der Waals surface area contributed by atoms with E-state index in [2.05, 4.69) is 4.98 Å². The summed E-state index contributed by atoms with van der Waals surface area (Å²) in [5.74, 6) is -3.24. The van der Waals surface area contributed by atoms with Crippen molar-refractivity contribution in [1.29, 1.82) is 0 Å². The van der Waals surface area contributed by atoms with Crippen molar-refractivity contribution >= 4 is 17.7 Å². The predicted molar refractivity (Wildman–Crippen MR) is 125 cm³/mol. The fourth-order valence-corrected chi connectivity index (χ4v) is 3.57. The van der Waals surface area contributed by atoms with Crippen LogP contribution in [0.2, 0.25) is 0 Å². The molecular formula is C25H37NO9. The number of aromatic hydroxyl groups is 1. The van der Waals surface area contributed by atoms with Crippen LogP contribution in [0.5, 0.6) is 11.5 Å². The number of unbranched alkanes of at least 4 members (excludes halogenated alkanes) is 1. The molecule has 0 radical (unpaired) electrons. The first kappa shape index (κ1) is 28.5. The van der Waals surface area contributed by atoms with E-state index in [1.807, 2.05) is 6.92 Å². The van der Waals surface area contributed by atoms with E-state index in [0.717, 1.165) is 12.8 Å². The van der Waals surface area contributed by atoms with Gasteiger partial charge in [-0.3, -0.25) is 14.4 Å². The van der Waals surface area contributed by atoms with Crippen molar-refractivity contribution in [3.63, 3.8) is 0 Å². The van der Waals surface area contributed by atoms with Crippen LogP contribution in [0.1, 0.15) is 63.9 Å². The van der Waals surface area contributed by atoms with Crippen LogP contribution in [0.25, 0.3) is 0 Å². The molecule has 0 aliphatic carbocycles. The van der Waals surface area contributed by atoms with E-state index in [-0.39, 0.29) is 37.0 Å². The number of rotatable bonds is 10. The van der Waals surface area contributed by atoms with Gasteiger partial charge in [0.05, 0.1) is 25.6 Å². The molecule has 10 heteroatoms. The number of methoxy groups -OCH3 is 1. The topological polar surface area (TPSA) is 130 Å². The Kier molecular flexibility index (Phi) is 11.4. The number of hydrogen-bond acceptors (Lipinski definition) is 10. The molecule has 10 nitrogen and oxygen atoms in total. The Hall–Kier alpha value is -2.72. The molecule has 0 bridgehead atoms. The molecule has 35 heavy (non-hydrogen) atoms. The van der Waals surface area contributed by atoms with Gasteiger partial charge in [0.25, 0.3) is 0 Å². The molecule has 0 unspecified atom stereocenters. The number of hydrogen-bond donors (Lipinski definition) is 1. The number of pyridine rings is 1. The number of Topliss-reactive ketones (excluding diaryl/α,β-unsaturated/α-hetero) is 1. The molecule has 0 saturated carbocycles. The third-order valence-corrected chi connectivity index (χ3v) is 5.69. The zero-order valence-electron chi connectivity index (χ0n) is 21.2. The SMILES string of the molecule is CCCCO[C@H]1CCOC[C@H](CC(=O)c2nccc(OC)c2O)C(=O)O[C@@H](C)[C@@H]1OC(=O)C(C)C. The number of carbonyl (C=O) groups excluding carboxylic acids is 3. The molecule has 4 atom stereocenters. The Morgan fingerprint density at radius 3 is 2.71 bits per heavy atom. The summed E-state index contributed by atoms with van der Waals surface area (Å²) in [4.78, 5) is 42.1. The standard InChI is InChI=1S/C25H37NO9/c1-6-7-11-33-20-9-12-32-14-17(13-18(27)21-22(28)19(31-5)8-10-26-21)25(30)34-16(4)23(20)35-24(29)15(2)3/h8,10,15-17,20,23,28H,6-7,9,11-14H2,1-5H3/t16-,17-,20-,23-/m0/s1. The first-order valence-corrected chi connectivity index (χ1v) is 12.0. The number of ketones is 1. The number of esters is 2. The van der Waals surface area contributed by atoms with Crippen molar-refractivity contribution in [2.45, 2.75) is 71.7 Å². The normalized spacial score (nSPS) is 23.4. The monoisotopic (exact) mass is 495 g/mol. The van der Waals surface area contributed by atoms with E-state index in [9.17, 15) is 19.5 Å². The Morgan fingerprint density at radius 2 is 2.06 bits per heavy atom. The van der Waals surface area contributed by atoms with Gasteiger partial charge < -0.3 is 28.8 Å². The molecule has 1 N–H and O–H groups in total. The van der Waals surface area contributed by atoms with Gasteiger partial charge in [-0.15, -0.1) is 0 Å². The number of ether oxygens (including phenoxy) is 5. The lowest BCUT2D eigenvalue weighted by molar-refractivity contribution is -0.188. The smallest absolute Gasteiger partial charge is 0.312 e. The Bertz CT molecular complexity index is 857. The summed E-state index contributed by atoms with van der Waals surface area (Å²) in [5.41, 5.74) is -0.199. The maximum absolute atomic E-state index is 13.0. The second-order valence-electron chi connectivity index (χ2n) is 8.86. The lowest BCUT2D eigenvalue weighted by Gasteiger charge is -2.33. The zero-order chi connectivity index (χ0) is 26.0. The molecule has 1 aliphatic rings. The van der Waals surface area contributed by atoms with Crippen molar-refractivity contribution in [3.05, 3.63) is 18.0 Å². The van der Waals surface area contributed by atoms with Gasteiger partial charge in [-0.05, 0) is 13.3 Å². The first-order chi connectivity index (χ1) is 16.7. The molecule has 0 aromatic carbocycles. The molecule has 1 aliphatic heterocycles. The first-order valence-electron chi connectivity index (χ1n) is 12.0. The maximum Gasteiger partial charge on any atom is 0.312 e. The van der Waals surface area contributed by atoms with Crippen LogP contribution >= 0.6 is 0 Å².